The van der Waals surface area contributed by atoms with Gasteiger partial charge in [-0.3, -0.25) is 14.9 Å². The van der Waals surface area contributed by atoms with E-state index in [1.54, 1.807) is 36.4 Å². The van der Waals surface area contributed by atoms with Crippen LogP contribution in [0.3, 0.4) is 0 Å². The summed E-state index contributed by atoms with van der Waals surface area (Å²) in [6.07, 6.45) is 1.32. The third-order valence-corrected chi connectivity index (χ3v) is 6.66. The molecule has 3 aromatic carbocycles. The average molecular weight is 625 g/mol. The second kappa shape index (κ2) is 11.2. The van der Waals surface area contributed by atoms with Crippen molar-refractivity contribution in [3.05, 3.63) is 105 Å². The number of ether oxygens (including phenoxy) is 1. The summed E-state index contributed by atoms with van der Waals surface area (Å²) in [6.45, 7) is 3.72. The number of nitrogens with zero attached hydrogens (tertiary/aromatic N) is 4. The largest absolute Gasteiger partial charge is 0.481 e. The van der Waals surface area contributed by atoms with Gasteiger partial charge in [-0.15, -0.1) is 0 Å². The van der Waals surface area contributed by atoms with Crippen molar-refractivity contribution in [3.8, 4) is 5.75 Å². The van der Waals surface area contributed by atoms with E-state index in [1.807, 2.05) is 13.8 Å². The van der Waals surface area contributed by atoms with E-state index in [-0.39, 0.29) is 34.5 Å². The van der Waals surface area contributed by atoms with Crippen molar-refractivity contribution >= 4 is 73.5 Å². The van der Waals surface area contributed by atoms with Crippen LogP contribution >= 0.6 is 50.7 Å². The van der Waals surface area contributed by atoms with E-state index in [4.69, 9.17) is 39.5 Å². The monoisotopic (exact) mass is 622 g/mol. The Morgan fingerprint density at radius 3 is 2.57 bits per heavy atom. The Hall–Kier alpha value is -2.98. The van der Waals surface area contributed by atoms with Crippen molar-refractivity contribution in [1.82, 2.24) is 9.66 Å². The molecule has 0 atom stereocenters. The second-order valence-electron chi connectivity index (χ2n) is 8.28. The third kappa shape index (κ3) is 5.96. The van der Waals surface area contributed by atoms with Gasteiger partial charge in [0.15, 0.2) is 0 Å². The van der Waals surface area contributed by atoms with Gasteiger partial charge in [0.25, 0.3) is 5.56 Å². The highest BCUT2D eigenvalue weighted by Gasteiger charge is 2.21. The van der Waals surface area contributed by atoms with E-state index in [0.29, 0.717) is 37.9 Å². The van der Waals surface area contributed by atoms with E-state index < -0.39 is 4.92 Å². The minimum atomic E-state index is -0.608. The summed E-state index contributed by atoms with van der Waals surface area (Å²) in [7, 11) is 0. The Bertz CT molecular complexity index is 1620. The molecule has 0 amide bonds. The first-order valence-electron chi connectivity index (χ1n) is 10.9. The van der Waals surface area contributed by atoms with Crippen molar-refractivity contribution in [1.29, 1.82) is 0 Å². The molecule has 8 nitrogen and oxygen atoms in total. The molecule has 0 aliphatic rings. The number of nitro benzene ring substituents is 1. The number of benzene rings is 3. The Morgan fingerprint density at radius 2 is 1.89 bits per heavy atom. The molecule has 0 saturated carbocycles. The molecule has 37 heavy (non-hydrogen) atoms. The standard InChI is InChI=1S/C25H18BrCl3N4O4/c1-13(2)24-31-21-6-4-16(26)9-18(21)25(34)32(24)30-11-14-7-20(29)23(22(8-14)33(35)36)37-12-15-3-5-17(27)10-19(15)28/h3-11,13H,12H2,1-2H3. The van der Waals surface area contributed by atoms with E-state index >= 15 is 0 Å². The minimum Gasteiger partial charge on any atom is -0.481 e. The minimum absolute atomic E-state index is 0.00210. The first kappa shape index (κ1) is 27.1. The van der Waals surface area contributed by atoms with Gasteiger partial charge in [-0.05, 0) is 36.4 Å². The van der Waals surface area contributed by atoms with E-state index in [1.165, 1.54) is 23.0 Å². The fraction of sp³-hybridized carbons (Fsp3) is 0.160. The molecule has 1 heterocycles. The van der Waals surface area contributed by atoms with Crippen LogP contribution in [0.1, 0.15) is 36.7 Å². The summed E-state index contributed by atoms with van der Waals surface area (Å²) in [6, 6.07) is 12.8. The maximum atomic E-state index is 13.2. The van der Waals surface area contributed by atoms with Crippen LogP contribution in [0.4, 0.5) is 5.69 Å². The van der Waals surface area contributed by atoms with Crippen LogP contribution in [-0.2, 0) is 6.61 Å². The molecule has 0 radical (unpaired) electrons. The lowest BCUT2D eigenvalue weighted by atomic mass is 10.2. The van der Waals surface area contributed by atoms with Gasteiger partial charge in [-0.1, -0.05) is 70.6 Å². The molecule has 0 fully saturated rings. The average Bonchev–Trinajstić information content (AvgIpc) is 2.83. The van der Waals surface area contributed by atoms with E-state index in [2.05, 4.69) is 26.0 Å². The van der Waals surface area contributed by atoms with Crippen molar-refractivity contribution in [2.75, 3.05) is 0 Å². The lowest BCUT2D eigenvalue weighted by Crippen LogP contribution is -2.23. The molecule has 4 rings (SSSR count). The fourth-order valence-corrected chi connectivity index (χ4v) is 4.62. The first-order chi connectivity index (χ1) is 17.5. The van der Waals surface area contributed by atoms with E-state index in [9.17, 15) is 14.9 Å². The Morgan fingerprint density at radius 1 is 1.14 bits per heavy atom. The molecule has 1 aromatic heterocycles. The SMILES string of the molecule is CC(C)c1nc2ccc(Br)cc2c(=O)n1N=Cc1cc(Cl)c(OCc2ccc(Cl)cc2Cl)c([N+](=O)[O-])c1. The number of fused-ring (bicyclic) bond motifs is 1. The van der Waals surface area contributed by atoms with Gasteiger partial charge in [0.2, 0.25) is 5.75 Å². The Kier molecular flexibility index (Phi) is 8.18. The van der Waals surface area contributed by atoms with Gasteiger partial charge in [0, 0.05) is 37.6 Å². The topological polar surface area (TPSA) is 99.6 Å². The van der Waals surface area contributed by atoms with Gasteiger partial charge in [-0.25, -0.2) is 4.98 Å². The van der Waals surface area contributed by atoms with Gasteiger partial charge < -0.3 is 4.74 Å². The number of hydrogen-bond acceptors (Lipinski definition) is 6. The highest BCUT2D eigenvalue weighted by molar-refractivity contribution is 9.10. The van der Waals surface area contributed by atoms with Gasteiger partial charge >= 0.3 is 5.69 Å². The van der Waals surface area contributed by atoms with Crippen molar-refractivity contribution < 1.29 is 9.66 Å². The van der Waals surface area contributed by atoms with Crippen molar-refractivity contribution in [3.63, 3.8) is 0 Å². The molecule has 0 bridgehead atoms. The second-order valence-corrected chi connectivity index (χ2v) is 10.4. The van der Waals surface area contributed by atoms with Crippen LogP contribution in [0.2, 0.25) is 15.1 Å². The number of aromatic nitrogens is 2. The summed E-state index contributed by atoms with van der Waals surface area (Å²) in [5.74, 6) is 0.204. The van der Waals surface area contributed by atoms with Crippen molar-refractivity contribution in [2.24, 2.45) is 5.10 Å². The molecule has 0 unspecified atom stereocenters. The highest BCUT2D eigenvalue weighted by Crippen LogP contribution is 2.37. The number of halogens is 4. The Balaban J connectivity index is 1.72. The lowest BCUT2D eigenvalue weighted by molar-refractivity contribution is -0.385. The molecule has 0 aliphatic carbocycles. The predicted molar refractivity (Wildman–Crippen MR) is 150 cm³/mol. The molecule has 0 N–H and O–H groups in total. The number of rotatable bonds is 7. The number of nitro groups is 1. The molecule has 4 aromatic rings. The molecule has 190 valence electrons. The molecule has 12 heteroatoms. The lowest BCUT2D eigenvalue weighted by Gasteiger charge is -2.12. The summed E-state index contributed by atoms with van der Waals surface area (Å²) in [5, 5.41) is 17.3. The fourth-order valence-electron chi connectivity index (χ4n) is 3.52. The maximum absolute atomic E-state index is 13.2. The first-order valence-corrected chi connectivity index (χ1v) is 12.8. The van der Waals surface area contributed by atoms with E-state index in [0.717, 1.165) is 4.47 Å². The van der Waals surface area contributed by atoms with Crippen molar-refractivity contribution in [2.45, 2.75) is 26.4 Å². The zero-order valence-corrected chi connectivity index (χ0v) is 23.3. The third-order valence-electron chi connectivity index (χ3n) is 5.30. The summed E-state index contributed by atoms with van der Waals surface area (Å²) in [5.41, 5.74) is 0.689. The van der Waals surface area contributed by atoms with Crippen LogP contribution in [0.25, 0.3) is 10.9 Å². The molecule has 0 aliphatic heterocycles. The smallest absolute Gasteiger partial charge is 0.313 e. The van der Waals surface area contributed by atoms with Crippen LogP contribution in [0, 0.1) is 10.1 Å². The summed E-state index contributed by atoms with van der Waals surface area (Å²) < 4.78 is 7.58. The molecular weight excluding hydrogens is 607 g/mol. The van der Waals surface area contributed by atoms with Crippen LogP contribution in [-0.4, -0.2) is 20.8 Å². The molecule has 0 saturated heterocycles. The quantitative estimate of drug-likeness (QED) is 0.120. The highest BCUT2D eigenvalue weighted by atomic mass is 79.9. The normalized spacial score (nSPS) is 11.5. The van der Waals surface area contributed by atoms with Crippen LogP contribution in [0.15, 0.2) is 62.9 Å². The maximum Gasteiger partial charge on any atom is 0.313 e. The zero-order valence-electron chi connectivity index (χ0n) is 19.4. The van der Waals surface area contributed by atoms with Gasteiger partial charge in [0.05, 0.1) is 27.1 Å². The van der Waals surface area contributed by atoms with Gasteiger partial charge in [0.1, 0.15) is 12.4 Å². The Labute approximate surface area is 234 Å². The number of hydrogen-bond donors (Lipinski definition) is 0. The van der Waals surface area contributed by atoms with Crippen LogP contribution in [0.5, 0.6) is 5.75 Å². The summed E-state index contributed by atoms with van der Waals surface area (Å²) in [4.78, 5) is 29.0. The summed E-state index contributed by atoms with van der Waals surface area (Å²) >= 11 is 21.8. The van der Waals surface area contributed by atoms with Crippen LogP contribution < -0.4 is 10.3 Å². The zero-order chi connectivity index (χ0) is 26.9. The predicted octanol–water partition coefficient (Wildman–Crippen LogP) is 7.61. The molecule has 0 spiro atoms. The molecular formula is C25H18BrCl3N4O4. The van der Waals surface area contributed by atoms with Gasteiger partial charge in [-0.2, -0.15) is 9.78 Å².